The SMILES string of the molecule is COCOC(=O)C1=C(C(=O)N(C(=O)c2ccccc2)c2cc(SCC(=O)OC)c(Cl)cc2F)CCCC1. The number of imide groups is 1. The molecule has 0 fully saturated rings. The van der Waals surface area contributed by atoms with Crippen LogP contribution in [0, 0.1) is 5.82 Å². The third-order valence-corrected chi connectivity index (χ3v) is 6.98. The molecule has 8 nitrogen and oxygen atoms in total. The summed E-state index contributed by atoms with van der Waals surface area (Å²) in [4.78, 5) is 52.7. The van der Waals surface area contributed by atoms with Gasteiger partial charge in [-0.3, -0.25) is 14.4 Å². The van der Waals surface area contributed by atoms with Crippen molar-refractivity contribution in [3.63, 3.8) is 0 Å². The predicted octanol–water partition coefficient (Wildman–Crippen LogP) is 4.94. The van der Waals surface area contributed by atoms with Crippen molar-refractivity contribution in [2.75, 3.05) is 31.7 Å². The molecular weight excluding hydrogens is 525 g/mol. The van der Waals surface area contributed by atoms with Crippen LogP contribution in [0.5, 0.6) is 0 Å². The number of methoxy groups -OCH3 is 2. The molecule has 2 aromatic rings. The molecule has 0 aromatic heterocycles. The van der Waals surface area contributed by atoms with Crippen molar-refractivity contribution in [3.05, 3.63) is 70.0 Å². The number of anilines is 1. The van der Waals surface area contributed by atoms with Crippen LogP contribution >= 0.6 is 23.4 Å². The number of benzene rings is 2. The van der Waals surface area contributed by atoms with Gasteiger partial charge in [-0.05, 0) is 49.9 Å². The van der Waals surface area contributed by atoms with Crippen LogP contribution in [0.1, 0.15) is 36.0 Å². The molecule has 2 amide bonds. The standard InChI is InChI=1S/C26H25ClFNO7S/c1-34-15-36-26(33)18-11-7-6-10-17(18)25(32)29(24(31)16-8-4-3-5-9-16)21-13-22(19(27)12-20(21)28)37-14-23(30)35-2/h3-5,8-9,12-13H,6-7,10-11,14-15H2,1-2H3. The second-order valence-corrected chi connectivity index (χ2v) is 9.34. The van der Waals surface area contributed by atoms with E-state index in [4.69, 9.17) is 21.1 Å². The Hall–Kier alpha value is -3.21. The minimum absolute atomic E-state index is 0.00423. The molecule has 196 valence electrons. The van der Waals surface area contributed by atoms with Gasteiger partial charge in [0.2, 0.25) is 0 Å². The summed E-state index contributed by atoms with van der Waals surface area (Å²) < 4.78 is 29.8. The molecule has 1 aliphatic carbocycles. The molecule has 0 aliphatic heterocycles. The lowest BCUT2D eigenvalue weighted by atomic mass is 9.90. The van der Waals surface area contributed by atoms with Gasteiger partial charge in [0.25, 0.3) is 11.8 Å². The van der Waals surface area contributed by atoms with E-state index in [1.807, 2.05) is 0 Å². The number of carbonyl (C=O) groups excluding carboxylic acids is 4. The van der Waals surface area contributed by atoms with E-state index in [0.29, 0.717) is 17.7 Å². The summed E-state index contributed by atoms with van der Waals surface area (Å²) in [7, 11) is 2.58. The van der Waals surface area contributed by atoms with E-state index in [2.05, 4.69) is 4.74 Å². The first-order valence-electron chi connectivity index (χ1n) is 11.3. The summed E-state index contributed by atoms with van der Waals surface area (Å²) in [5, 5.41) is -0.00423. The fourth-order valence-corrected chi connectivity index (χ4v) is 4.81. The van der Waals surface area contributed by atoms with Gasteiger partial charge in [-0.15, -0.1) is 11.8 Å². The van der Waals surface area contributed by atoms with Crippen LogP contribution in [-0.2, 0) is 28.6 Å². The molecule has 0 spiro atoms. The van der Waals surface area contributed by atoms with Gasteiger partial charge in [-0.1, -0.05) is 29.8 Å². The average Bonchev–Trinajstić information content (AvgIpc) is 2.92. The third-order valence-electron chi connectivity index (χ3n) is 5.52. The summed E-state index contributed by atoms with van der Waals surface area (Å²) in [6, 6.07) is 10.1. The highest BCUT2D eigenvalue weighted by Crippen LogP contribution is 2.36. The molecule has 0 radical (unpaired) electrons. The molecular formula is C26H25ClFNO7S. The fraction of sp³-hybridized carbons (Fsp3) is 0.308. The minimum atomic E-state index is -0.926. The van der Waals surface area contributed by atoms with Gasteiger partial charge in [0.15, 0.2) is 6.79 Å². The number of nitrogens with zero attached hydrogens (tertiary/aromatic N) is 1. The molecule has 11 heteroatoms. The van der Waals surface area contributed by atoms with E-state index in [9.17, 15) is 19.2 Å². The Labute approximate surface area is 222 Å². The maximum Gasteiger partial charge on any atom is 0.336 e. The molecule has 3 rings (SSSR count). The lowest BCUT2D eigenvalue weighted by Crippen LogP contribution is -2.40. The normalized spacial score (nSPS) is 13.2. The second kappa shape index (κ2) is 13.4. The topological polar surface area (TPSA) is 99.2 Å². The van der Waals surface area contributed by atoms with E-state index < -0.39 is 29.6 Å². The predicted molar refractivity (Wildman–Crippen MR) is 136 cm³/mol. The Morgan fingerprint density at radius 3 is 2.32 bits per heavy atom. The van der Waals surface area contributed by atoms with Crippen LogP contribution in [0.15, 0.2) is 58.5 Å². The maximum atomic E-state index is 15.3. The summed E-state index contributed by atoms with van der Waals surface area (Å²) >= 11 is 7.15. The number of ether oxygens (including phenoxy) is 3. The van der Waals surface area contributed by atoms with Crippen molar-refractivity contribution >= 4 is 52.8 Å². The lowest BCUT2D eigenvalue weighted by molar-refractivity contribution is -0.149. The fourth-order valence-electron chi connectivity index (χ4n) is 3.72. The van der Waals surface area contributed by atoms with E-state index in [0.717, 1.165) is 17.8 Å². The van der Waals surface area contributed by atoms with Crippen LogP contribution in [0.25, 0.3) is 0 Å². The monoisotopic (exact) mass is 549 g/mol. The Balaban J connectivity index is 2.13. The molecule has 1 aliphatic rings. The molecule has 2 aromatic carbocycles. The highest BCUT2D eigenvalue weighted by Gasteiger charge is 2.34. The number of amides is 2. The molecule has 0 saturated heterocycles. The first-order valence-corrected chi connectivity index (χ1v) is 12.6. The minimum Gasteiger partial charge on any atom is -0.468 e. The molecule has 37 heavy (non-hydrogen) atoms. The number of halogens is 2. The van der Waals surface area contributed by atoms with Crippen molar-refractivity contribution in [2.45, 2.75) is 30.6 Å². The summed E-state index contributed by atoms with van der Waals surface area (Å²) in [5.74, 6) is -3.95. The van der Waals surface area contributed by atoms with Crippen LogP contribution in [0.2, 0.25) is 5.02 Å². The molecule has 0 N–H and O–H groups in total. The van der Waals surface area contributed by atoms with Gasteiger partial charge in [0, 0.05) is 28.7 Å². The van der Waals surface area contributed by atoms with Crippen molar-refractivity contribution in [1.29, 1.82) is 0 Å². The zero-order chi connectivity index (χ0) is 26.9. The Bertz CT molecular complexity index is 1220. The number of esters is 2. The molecule has 0 unspecified atom stereocenters. The summed E-state index contributed by atoms with van der Waals surface area (Å²) in [5.41, 5.74) is -0.0456. The van der Waals surface area contributed by atoms with Crippen LogP contribution in [-0.4, -0.2) is 50.5 Å². The zero-order valence-corrected chi connectivity index (χ0v) is 21.8. The number of thioether (sulfide) groups is 1. The van der Waals surface area contributed by atoms with Crippen molar-refractivity contribution in [3.8, 4) is 0 Å². The van der Waals surface area contributed by atoms with Gasteiger partial charge in [0.05, 0.1) is 23.6 Å². The van der Waals surface area contributed by atoms with E-state index >= 15 is 4.39 Å². The highest BCUT2D eigenvalue weighted by atomic mass is 35.5. The van der Waals surface area contributed by atoms with Crippen LogP contribution in [0.4, 0.5) is 10.1 Å². The van der Waals surface area contributed by atoms with Gasteiger partial charge in [0.1, 0.15) is 5.82 Å². The number of hydrogen-bond donors (Lipinski definition) is 0. The Kier molecular flexibility index (Phi) is 10.2. The lowest BCUT2D eigenvalue weighted by Gasteiger charge is -2.26. The van der Waals surface area contributed by atoms with Gasteiger partial charge in [-0.2, -0.15) is 0 Å². The highest BCUT2D eigenvalue weighted by molar-refractivity contribution is 8.00. The van der Waals surface area contributed by atoms with Crippen LogP contribution < -0.4 is 4.90 Å². The first kappa shape index (κ1) is 28.4. The second-order valence-electron chi connectivity index (χ2n) is 7.91. The first-order chi connectivity index (χ1) is 17.8. The van der Waals surface area contributed by atoms with Gasteiger partial charge < -0.3 is 14.2 Å². The quantitative estimate of drug-likeness (QED) is 0.188. The summed E-state index contributed by atoms with van der Waals surface area (Å²) in [6.45, 7) is -0.303. The van der Waals surface area contributed by atoms with Gasteiger partial charge in [-0.25, -0.2) is 14.1 Å². The van der Waals surface area contributed by atoms with Gasteiger partial charge >= 0.3 is 11.9 Å². The largest absolute Gasteiger partial charge is 0.468 e. The van der Waals surface area contributed by atoms with Crippen molar-refractivity contribution < 1.29 is 37.8 Å². The van der Waals surface area contributed by atoms with E-state index in [1.165, 1.54) is 32.4 Å². The zero-order valence-electron chi connectivity index (χ0n) is 20.3. The number of hydrogen-bond acceptors (Lipinski definition) is 8. The van der Waals surface area contributed by atoms with E-state index in [1.54, 1.807) is 18.2 Å². The third kappa shape index (κ3) is 6.97. The van der Waals surface area contributed by atoms with Crippen LogP contribution in [0.3, 0.4) is 0 Å². The molecule has 0 atom stereocenters. The smallest absolute Gasteiger partial charge is 0.336 e. The maximum absolute atomic E-state index is 15.3. The van der Waals surface area contributed by atoms with Crippen molar-refractivity contribution in [2.24, 2.45) is 0 Å². The summed E-state index contributed by atoms with van der Waals surface area (Å²) in [6.07, 6.45) is 1.71. The van der Waals surface area contributed by atoms with E-state index in [-0.39, 0.29) is 57.7 Å². The number of rotatable bonds is 9. The average molecular weight is 550 g/mol. The molecule has 0 bridgehead atoms. The Morgan fingerprint density at radius 1 is 1.00 bits per heavy atom. The Morgan fingerprint density at radius 2 is 1.68 bits per heavy atom. The molecule has 0 saturated carbocycles. The molecule has 0 heterocycles. The number of carbonyl (C=O) groups is 4. The van der Waals surface area contributed by atoms with Crippen molar-refractivity contribution in [1.82, 2.24) is 0 Å².